The number of amides is 2. The Balaban J connectivity index is 1.89. The van der Waals surface area contributed by atoms with E-state index in [-0.39, 0.29) is 29.9 Å². The predicted molar refractivity (Wildman–Crippen MR) is 146 cm³/mol. The van der Waals surface area contributed by atoms with Gasteiger partial charge in [0.05, 0.1) is 5.75 Å². The Morgan fingerprint density at radius 1 is 0.944 bits per heavy atom. The van der Waals surface area contributed by atoms with Crippen LogP contribution in [0.25, 0.3) is 0 Å². The van der Waals surface area contributed by atoms with Crippen molar-refractivity contribution in [3.63, 3.8) is 0 Å². The highest BCUT2D eigenvalue weighted by Crippen LogP contribution is 2.23. The summed E-state index contributed by atoms with van der Waals surface area (Å²) in [6.07, 6.45) is 0.358. The topological polar surface area (TPSA) is 49.4 Å². The zero-order valence-electron chi connectivity index (χ0n) is 20.8. The van der Waals surface area contributed by atoms with Gasteiger partial charge in [-0.15, -0.1) is 11.8 Å². The second-order valence-electron chi connectivity index (χ2n) is 9.64. The molecule has 0 aromatic heterocycles. The molecular weight excluding hydrogens is 495 g/mol. The van der Waals surface area contributed by atoms with Crippen molar-refractivity contribution in [3.05, 3.63) is 106 Å². The Kier molecular flexibility index (Phi) is 9.97. The van der Waals surface area contributed by atoms with Crippen LogP contribution >= 0.6 is 23.4 Å². The summed E-state index contributed by atoms with van der Waals surface area (Å²) in [4.78, 5) is 28.8. The van der Waals surface area contributed by atoms with E-state index in [4.69, 9.17) is 11.6 Å². The summed E-state index contributed by atoms with van der Waals surface area (Å²) >= 11 is 7.76. The van der Waals surface area contributed by atoms with E-state index in [1.54, 1.807) is 29.2 Å². The minimum Gasteiger partial charge on any atom is -0.350 e. The first-order valence-corrected chi connectivity index (χ1v) is 13.4. The molecule has 0 saturated heterocycles. The number of benzene rings is 3. The average molecular weight is 527 g/mol. The monoisotopic (exact) mass is 526 g/mol. The standard InChI is InChI=1S/C29H32ClFN2O2S/c1-29(2,3)32-28(35)26(17-21-11-5-4-6-12-21)33(18-22-13-7-9-15-24(22)30)27(34)20-36-19-23-14-8-10-16-25(23)31/h4-16,26H,17-20H2,1-3H3,(H,32,35)/t26-/m1/s1. The van der Waals surface area contributed by atoms with Crippen molar-refractivity contribution in [2.24, 2.45) is 0 Å². The van der Waals surface area contributed by atoms with E-state index in [1.165, 1.54) is 17.8 Å². The second-order valence-corrected chi connectivity index (χ2v) is 11.0. The molecule has 3 rings (SSSR count). The van der Waals surface area contributed by atoms with Gasteiger partial charge in [-0.1, -0.05) is 78.3 Å². The van der Waals surface area contributed by atoms with Crippen LogP contribution in [-0.4, -0.2) is 34.0 Å². The van der Waals surface area contributed by atoms with Crippen molar-refractivity contribution < 1.29 is 14.0 Å². The van der Waals surface area contributed by atoms with Gasteiger partial charge in [0.25, 0.3) is 0 Å². The highest BCUT2D eigenvalue weighted by Gasteiger charge is 2.32. The highest BCUT2D eigenvalue weighted by molar-refractivity contribution is 7.99. The van der Waals surface area contributed by atoms with Gasteiger partial charge in [-0.25, -0.2) is 4.39 Å². The third kappa shape index (κ3) is 8.38. The van der Waals surface area contributed by atoms with Crippen molar-refractivity contribution in [2.45, 2.75) is 51.1 Å². The minimum absolute atomic E-state index is 0.104. The van der Waals surface area contributed by atoms with E-state index in [1.807, 2.05) is 69.3 Å². The molecule has 2 amide bonds. The van der Waals surface area contributed by atoms with Crippen LogP contribution in [0.3, 0.4) is 0 Å². The summed E-state index contributed by atoms with van der Waals surface area (Å²) in [6.45, 7) is 5.92. The van der Waals surface area contributed by atoms with E-state index >= 15 is 0 Å². The Hall–Kier alpha value is -2.83. The van der Waals surface area contributed by atoms with Crippen LogP contribution in [0.5, 0.6) is 0 Å². The molecule has 0 radical (unpaired) electrons. The lowest BCUT2D eigenvalue weighted by Gasteiger charge is -2.34. The first kappa shape index (κ1) is 27.8. The Bertz CT molecular complexity index is 1170. The van der Waals surface area contributed by atoms with Gasteiger partial charge in [-0.3, -0.25) is 9.59 Å². The molecule has 1 atom stereocenters. The minimum atomic E-state index is -0.746. The fourth-order valence-corrected chi connectivity index (χ4v) is 4.86. The average Bonchev–Trinajstić information content (AvgIpc) is 2.83. The molecule has 0 aliphatic heterocycles. The molecule has 0 aliphatic carbocycles. The fraction of sp³-hybridized carbons (Fsp3) is 0.310. The molecule has 1 N–H and O–H groups in total. The molecule has 0 heterocycles. The van der Waals surface area contributed by atoms with Gasteiger partial charge in [0.1, 0.15) is 11.9 Å². The lowest BCUT2D eigenvalue weighted by atomic mass is 10.0. The van der Waals surface area contributed by atoms with Gasteiger partial charge in [-0.2, -0.15) is 0 Å². The molecule has 7 heteroatoms. The molecule has 0 bridgehead atoms. The molecule has 4 nitrogen and oxygen atoms in total. The third-order valence-electron chi connectivity index (χ3n) is 5.51. The first-order chi connectivity index (χ1) is 17.1. The summed E-state index contributed by atoms with van der Waals surface area (Å²) < 4.78 is 14.1. The zero-order valence-corrected chi connectivity index (χ0v) is 22.4. The SMILES string of the molecule is CC(C)(C)NC(=O)[C@@H](Cc1ccccc1)N(Cc1ccccc1Cl)C(=O)CSCc1ccccc1F. The van der Waals surface area contributed by atoms with E-state index < -0.39 is 11.6 Å². The van der Waals surface area contributed by atoms with Crippen molar-refractivity contribution in [1.29, 1.82) is 0 Å². The number of thioether (sulfide) groups is 1. The Morgan fingerprint density at radius 2 is 1.56 bits per heavy atom. The number of nitrogens with zero attached hydrogens (tertiary/aromatic N) is 1. The van der Waals surface area contributed by atoms with Crippen LogP contribution in [0.4, 0.5) is 4.39 Å². The maximum absolute atomic E-state index is 14.1. The normalized spacial score (nSPS) is 12.1. The Labute approximate surface area is 222 Å². The highest BCUT2D eigenvalue weighted by atomic mass is 35.5. The van der Waals surface area contributed by atoms with Crippen LogP contribution < -0.4 is 5.32 Å². The van der Waals surface area contributed by atoms with Gasteiger partial charge in [0.15, 0.2) is 0 Å². The van der Waals surface area contributed by atoms with E-state index in [2.05, 4.69) is 5.32 Å². The molecule has 0 spiro atoms. The van der Waals surface area contributed by atoms with Crippen LogP contribution in [0.1, 0.15) is 37.5 Å². The first-order valence-electron chi connectivity index (χ1n) is 11.8. The molecule has 190 valence electrons. The van der Waals surface area contributed by atoms with Crippen LogP contribution in [0, 0.1) is 5.82 Å². The van der Waals surface area contributed by atoms with Gasteiger partial charge < -0.3 is 10.2 Å². The van der Waals surface area contributed by atoms with Gasteiger partial charge in [0, 0.05) is 29.3 Å². The zero-order chi connectivity index (χ0) is 26.1. The van der Waals surface area contributed by atoms with Gasteiger partial charge >= 0.3 is 0 Å². The second kappa shape index (κ2) is 12.9. The molecule has 36 heavy (non-hydrogen) atoms. The summed E-state index contributed by atoms with van der Waals surface area (Å²) in [6, 6.07) is 22.8. The lowest BCUT2D eigenvalue weighted by Crippen LogP contribution is -2.54. The van der Waals surface area contributed by atoms with E-state index in [0.29, 0.717) is 22.8 Å². The number of hydrogen-bond donors (Lipinski definition) is 1. The number of nitrogens with one attached hydrogen (secondary N) is 1. The molecule has 0 saturated carbocycles. The smallest absolute Gasteiger partial charge is 0.243 e. The maximum Gasteiger partial charge on any atom is 0.243 e. The molecule has 0 fully saturated rings. The maximum atomic E-state index is 14.1. The summed E-state index contributed by atoms with van der Waals surface area (Å²) in [7, 11) is 0. The third-order valence-corrected chi connectivity index (χ3v) is 6.84. The largest absolute Gasteiger partial charge is 0.350 e. The van der Waals surface area contributed by atoms with Crippen molar-refractivity contribution in [2.75, 3.05) is 5.75 Å². The number of hydrogen-bond acceptors (Lipinski definition) is 3. The molecule has 0 aliphatic rings. The Morgan fingerprint density at radius 3 is 2.19 bits per heavy atom. The number of halogens is 2. The van der Waals surface area contributed by atoms with Gasteiger partial charge in [0.2, 0.25) is 11.8 Å². The van der Waals surface area contributed by atoms with E-state index in [9.17, 15) is 14.0 Å². The van der Waals surface area contributed by atoms with Crippen LogP contribution in [0.2, 0.25) is 5.02 Å². The quantitative estimate of drug-likeness (QED) is 0.339. The molecule has 0 unspecified atom stereocenters. The summed E-state index contributed by atoms with van der Waals surface area (Å²) in [5.74, 6) is -0.271. The van der Waals surface area contributed by atoms with Crippen molar-refractivity contribution >= 4 is 35.2 Å². The van der Waals surface area contributed by atoms with E-state index in [0.717, 1.165) is 11.1 Å². The van der Waals surface area contributed by atoms with Gasteiger partial charge in [-0.05, 0) is 49.6 Å². The predicted octanol–water partition coefficient (Wildman–Crippen LogP) is 6.27. The van der Waals surface area contributed by atoms with Crippen LogP contribution in [-0.2, 0) is 28.3 Å². The van der Waals surface area contributed by atoms with Crippen LogP contribution in [0.15, 0.2) is 78.9 Å². The van der Waals surface area contributed by atoms with Crippen molar-refractivity contribution in [3.8, 4) is 0 Å². The number of carbonyl (C=O) groups is 2. The molecular formula is C29H32ClFN2O2S. The molecule has 3 aromatic rings. The van der Waals surface area contributed by atoms with Crippen molar-refractivity contribution in [1.82, 2.24) is 10.2 Å². The number of rotatable bonds is 10. The lowest BCUT2D eigenvalue weighted by molar-refractivity contribution is -0.140. The molecule has 3 aromatic carbocycles. The number of carbonyl (C=O) groups excluding carboxylic acids is 2. The fourth-order valence-electron chi connectivity index (χ4n) is 3.76. The summed E-state index contributed by atoms with van der Waals surface area (Å²) in [5.41, 5.74) is 1.78. The summed E-state index contributed by atoms with van der Waals surface area (Å²) in [5, 5.41) is 3.57.